The van der Waals surface area contributed by atoms with Crippen molar-refractivity contribution in [2.45, 2.75) is 119 Å². The molecule has 6 aliphatic rings. The molecule has 5 aliphatic carbocycles. The fourth-order valence-corrected chi connectivity index (χ4v) is 13.0. The van der Waals surface area contributed by atoms with Gasteiger partial charge in [0.2, 0.25) is 23.6 Å². The van der Waals surface area contributed by atoms with Crippen molar-refractivity contribution in [3.63, 3.8) is 0 Å². The van der Waals surface area contributed by atoms with Gasteiger partial charge in [-0.1, -0.05) is 0 Å². The van der Waals surface area contributed by atoms with Crippen LogP contribution in [-0.2, 0) is 23.9 Å². The Bertz CT molecular complexity index is 4320. The van der Waals surface area contributed by atoms with E-state index in [1.165, 1.54) is 67.8 Å². The number of methoxy groups -OCH3 is 2. The van der Waals surface area contributed by atoms with Gasteiger partial charge in [0.15, 0.2) is 23.0 Å². The van der Waals surface area contributed by atoms with Crippen molar-refractivity contribution < 1.29 is 69.9 Å². The van der Waals surface area contributed by atoms with Crippen LogP contribution in [0.5, 0.6) is 46.0 Å². The lowest BCUT2D eigenvalue weighted by molar-refractivity contribution is -0.132. The number of carbonyl (C=O) groups is 4. The van der Waals surface area contributed by atoms with Crippen molar-refractivity contribution in [3.8, 4) is 46.0 Å². The lowest BCUT2D eigenvalue weighted by Crippen LogP contribution is -2.46. The van der Waals surface area contributed by atoms with Crippen molar-refractivity contribution in [1.29, 1.82) is 0 Å². The topological polar surface area (TPSA) is 231 Å². The third-order valence-electron chi connectivity index (χ3n) is 19.5. The number of halogens is 4. The summed E-state index contributed by atoms with van der Waals surface area (Å²) in [5.74, 6) is -1.96. The number of aromatic nitrogens is 2. The first-order chi connectivity index (χ1) is 46.5. The Labute approximate surface area is 550 Å². The van der Waals surface area contributed by atoms with Gasteiger partial charge in [-0.3, -0.25) is 29.1 Å². The van der Waals surface area contributed by atoms with Gasteiger partial charge in [0.05, 0.1) is 47.7 Å². The molecule has 1 aliphatic heterocycles. The maximum atomic E-state index is 15.8. The summed E-state index contributed by atoms with van der Waals surface area (Å²) in [7, 11) is 3.09. The number of nitrogens with one attached hydrogen (secondary N) is 6. The second kappa shape index (κ2) is 26.2. The maximum absolute atomic E-state index is 15.8. The highest BCUT2D eigenvalue weighted by Crippen LogP contribution is 2.50. The van der Waals surface area contributed by atoms with Gasteiger partial charge < -0.3 is 65.1 Å². The second-order valence-corrected chi connectivity index (χ2v) is 26.2. The van der Waals surface area contributed by atoms with Crippen LogP contribution < -0.4 is 60.3 Å². The molecule has 6 fully saturated rings. The van der Waals surface area contributed by atoms with Gasteiger partial charge in [-0.2, -0.15) is 0 Å². The molecule has 14 rings (SSSR count). The summed E-state index contributed by atoms with van der Waals surface area (Å²) < 4.78 is 103. The highest BCUT2D eigenvalue weighted by Gasteiger charge is 2.58. The summed E-state index contributed by atoms with van der Waals surface area (Å²) in [5.41, 5.74) is -1.16. The Morgan fingerprint density at radius 1 is 0.469 bits per heavy atom. The number of hydrogen-bond acceptors (Lipinski definition) is 15. The van der Waals surface area contributed by atoms with Crippen LogP contribution in [-0.4, -0.2) is 97.4 Å². The van der Waals surface area contributed by atoms with E-state index in [-0.39, 0.29) is 77.4 Å². The van der Waals surface area contributed by atoms with Gasteiger partial charge in [0.1, 0.15) is 70.3 Å². The van der Waals surface area contributed by atoms with Gasteiger partial charge >= 0.3 is 0 Å². The smallest absolute Gasteiger partial charge is 0.240 e. The van der Waals surface area contributed by atoms with Crippen molar-refractivity contribution in [1.82, 2.24) is 20.6 Å². The van der Waals surface area contributed by atoms with Crippen LogP contribution in [0.15, 0.2) is 128 Å². The van der Waals surface area contributed by atoms with Crippen molar-refractivity contribution in [3.05, 3.63) is 156 Å². The van der Waals surface area contributed by atoms with Crippen LogP contribution in [0.3, 0.4) is 0 Å². The van der Waals surface area contributed by atoms with Gasteiger partial charge in [-0.25, -0.2) is 17.6 Å². The molecule has 6 aromatic carbocycles. The van der Waals surface area contributed by atoms with E-state index in [9.17, 15) is 23.6 Å². The summed E-state index contributed by atoms with van der Waals surface area (Å²) in [6.07, 6.45) is 12.9. The van der Waals surface area contributed by atoms with Gasteiger partial charge in [0.25, 0.3) is 0 Å². The molecule has 0 unspecified atom stereocenters. The summed E-state index contributed by atoms with van der Waals surface area (Å²) in [6.45, 7) is 2.33. The molecular weight excluding hydrogens is 1240 g/mol. The minimum Gasteiger partial charge on any atom is -0.493 e. The zero-order chi connectivity index (χ0) is 66.3. The number of nitrogens with zero attached hydrogens (tertiary/aromatic N) is 2. The number of amides is 4. The van der Waals surface area contributed by atoms with Crippen molar-refractivity contribution in [2.24, 2.45) is 10.8 Å². The Kier molecular flexibility index (Phi) is 17.4. The van der Waals surface area contributed by atoms with Gasteiger partial charge in [0, 0.05) is 84.1 Å². The second-order valence-electron chi connectivity index (χ2n) is 26.2. The monoisotopic (exact) mass is 1310 g/mol. The number of hydrogen-bond donors (Lipinski definition) is 6. The molecule has 4 amide bonds. The number of fused-ring (bicyclic) bond motifs is 2. The molecule has 0 atom stereocenters. The van der Waals surface area contributed by atoms with Crippen molar-refractivity contribution >= 4 is 68.2 Å². The molecule has 23 heteroatoms. The molecule has 5 saturated carbocycles. The largest absolute Gasteiger partial charge is 0.493 e. The number of pyridine rings is 2. The highest BCUT2D eigenvalue weighted by atomic mass is 19.1. The first-order valence-electron chi connectivity index (χ1n) is 32.6. The van der Waals surface area contributed by atoms with E-state index in [0.717, 1.165) is 76.7 Å². The highest BCUT2D eigenvalue weighted by molar-refractivity contribution is 6.18. The van der Waals surface area contributed by atoms with E-state index in [1.54, 1.807) is 62.0 Å². The van der Waals surface area contributed by atoms with Crippen LogP contribution in [0, 0.1) is 34.1 Å². The minimum atomic E-state index is -1.45. The molecule has 0 bridgehead atoms. The number of anilines is 4. The lowest BCUT2D eigenvalue weighted by atomic mass is 9.81. The fraction of sp³-hybridized carbons (Fsp3) is 0.370. The number of benzene rings is 6. The van der Waals surface area contributed by atoms with Crippen LogP contribution in [0.2, 0.25) is 0 Å². The molecular formula is C73H72F4N8O11. The van der Waals surface area contributed by atoms with E-state index in [1.807, 2.05) is 0 Å². The quantitative estimate of drug-likeness (QED) is 0.0231. The third-order valence-corrected chi connectivity index (χ3v) is 19.5. The first kappa shape index (κ1) is 63.8. The average molecular weight is 1310 g/mol. The van der Waals surface area contributed by atoms with E-state index >= 15 is 13.2 Å². The molecule has 2 aromatic heterocycles. The Morgan fingerprint density at radius 2 is 0.927 bits per heavy atom. The Morgan fingerprint density at radius 3 is 1.39 bits per heavy atom. The predicted molar refractivity (Wildman–Crippen MR) is 350 cm³/mol. The maximum Gasteiger partial charge on any atom is 0.240 e. The zero-order valence-corrected chi connectivity index (χ0v) is 53.0. The fourth-order valence-electron chi connectivity index (χ4n) is 13.0. The average Bonchev–Trinajstić information content (AvgIpc) is 1.63. The SMILES string of the molecule is COc1cc2c(Oc3ccc(NC(=O)C4(C(=O)Nc5ccc(F)c(C6CCC(NC7(COc8cc9nccc(Oc%10ccc(NC(=O)C%11(C(=O)Nc%12ccc(F)cc%12)CC%11)c(F)c%10)c9cc8OC)CC7)CC6)c5)CC4)c(F)c3)ccnc2cc1OCC1(NC2CCOCC2)CC1. The molecule has 0 radical (unpaired) electrons. The first-order valence-corrected chi connectivity index (χ1v) is 32.6. The minimum absolute atomic E-state index is 0.0878. The number of carbonyl (C=O) groups excluding carboxylic acids is 4. The van der Waals surface area contributed by atoms with Crippen LogP contribution >= 0.6 is 0 Å². The summed E-state index contributed by atoms with van der Waals surface area (Å²) in [6, 6.07) is 28.6. The molecule has 3 heterocycles. The Hall–Kier alpha value is -9.58. The molecule has 6 N–H and O–H groups in total. The summed E-state index contributed by atoms with van der Waals surface area (Å²) >= 11 is 0. The molecule has 19 nitrogen and oxygen atoms in total. The lowest BCUT2D eigenvalue weighted by Gasteiger charge is -2.33. The van der Waals surface area contributed by atoms with E-state index in [4.69, 9.17) is 33.2 Å². The van der Waals surface area contributed by atoms with Gasteiger partial charge in [-0.05, 0) is 192 Å². The van der Waals surface area contributed by atoms with E-state index in [0.29, 0.717) is 105 Å². The summed E-state index contributed by atoms with van der Waals surface area (Å²) in [5, 5.41) is 19.5. The van der Waals surface area contributed by atoms with Crippen LogP contribution in [0.4, 0.5) is 40.3 Å². The third kappa shape index (κ3) is 13.7. The molecule has 498 valence electrons. The number of ether oxygens (including phenoxy) is 7. The molecule has 1 saturated heterocycles. The van der Waals surface area contributed by atoms with Crippen LogP contribution in [0.25, 0.3) is 21.8 Å². The Balaban J connectivity index is 0.549. The van der Waals surface area contributed by atoms with Gasteiger partial charge in [-0.15, -0.1) is 0 Å². The molecule has 8 aromatic rings. The predicted octanol–water partition coefficient (Wildman–Crippen LogP) is 13.6. The number of rotatable bonds is 25. The van der Waals surface area contributed by atoms with Crippen LogP contribution in [0.1, 0.15) is 101 Å². The van der Waals surface area contributed by atoms with E-state index < -0.39 is 51.9 Å². The summed E-state index contributed by atoms with van der Waals surface area (Å²) in [4.78, 5) is 63.2. The van der Waals surface area contributed by atoms with Crippen molar-refractivity contribution in [2.75, 3.05) is 61.9 Å². The zero-order valence-electron chi connectivity index (χ0n) is 53.0. The molecule has 0 spiro atoms. The molecule has 96 heavy (non-hydrogen) atoms. The normalized spacial score (nSPS) is 19.3. The standard InChI is InChI=1S/C73H72F4N8O11/c1-90-62-36-51-58(78-29-17-60(51)95-48-12-15-56(54(76)34-48)82-68(88)72(25-26-72)66(86)80-44-9-5-43(74)6-10-44)38-64(62)93-40-70(21-22-70)84-45-7-3-42(4-8-45)50-33-47(11-14-53(50)75)81-67(87)73(27-28-73)69(89)83-57-16-13-49(35-55(57)77)96-61-18-30-79-59-39-65(63(91-2)37-52(59)61)94-41-71(23-24-71)85-46-19-31-92-32-20-46/h5-6,9-18,29-30,33-39,42,45-46,84-85H,3-4,7-8,19-28,31-32,40-41H2,1-2H3,(H,80,86)(H,81,87)(H,82,88)(H,83,89). The van der Waals surface area contributed by atoms with E-state index in [2.05, 4.69) is 41.9 Å².